The van der Waals surface area contributed by atoms with Crippen LogP contribution in [0.2, 0.25) is 0 Å². The molecule has 6 heteroatoms. The number of rotatable bonds is 4. The summed E-state index contributed by atoms with van der Waals surface area (Å²) in [6.07, 6.45) is 5.20. The number of hydrogen-bond acceptors (Lipinski definition) is 4. The first-order valence-corrected chi connectivity index (χ1v) is 6.09. The van der Waals surface area contributed by atoms with E-state index in [1.807, 2.05) is 0 Å². The van der Waals surface area contributed by atoms with Crippen LogP contribution in [0.4, 0.5) is 0 Å². The lowest BCUT2D eigenvalue weighted by Gasteiger charge is -2.18. The molecule has 0 aliphatic heterocycles. The molecule has 0 saturated carbocycles. The van der Waals surface area contributed by atoms with Gasteiger partial charge in [-0.3, -0.25) is 0 Å². The summed E-state index contributed by atoms with van der Waals surface area (Å²) in [4.78, 5) is 0. The average molecular weight is 242 g/mol. The predicted octanol–water partition coefficient (Wildman–Crippen LogP) is 0.428. The zero-order valence-corrected chi connectivity index (χ0v) is 9.97. The van der Waals surface area contributed by atoms with Gasteiger partial charge in [0.2, 0.25) is 5.09 Å². The number of terminal acetylenes is 1. The van der Waals surface area contributed by atoms with Crippen LogP contribution in [0, 0.1) is 12.3 Å². The van der Waals surface area contributed by atoms with Crippen LogP contribution in [0.3, 0.4) is 0 Å². The van der Waals surface area contributed by atoms with Crippen LogP contribution in [0.5, 0.6) is 0 Å². The average Bonchev–Trinajstić information content (AvgIpc) is 2.65. The topological polar surface area (TPSA) is 85.3 Å². The SMILES string of the molecule is C#CC(C)(C)NS(=O)(=O)c1ccc(CN)o1. The van der Waals surface area contributed by atoms with E-state index in [1.165, 1.54) is 12.1 Å². The predicted molar refractivity (Wildman–Crippen MR) is 59.8 cm³/mol. The van der Waals surface area contributed by atoms with Gasteiger partial charge in [-0.25, -0.2) is 8.42 Å². The molecule has 5 nitrogen and oxygen atoms in total. The van der Waals surface area contributed by atoms with Crippen LogP contribution in [-0.4, -0.2) is 14.0 Å². The highest BCUT2D eigenvalue weighted by molar-refractivity contribution is 7.89. The summed E-state index contributed by atoms with van der Waals surface area (Å²) < 4.78 is 31.0. The van der Waals surface area contributed by atoms with Gasteiger partial charge in [0.25, 0.3) is 10.0 Å². The number of furan rings is 1. The zero-order valence-electron chi connectivity index (χ0n) is 9.15. The molecular formula is C10H14N2O3S. The van der Waals surface area contributed by atoms with Gasteiger partial charge in [-0.2, -0.15) is 4.72 Å². The second-order valence-corrected chi connectivity index (χ2v) is 5.41. The Morgan fingerprint density at radius 3 is 2.62 bits per heavy atom. The molecule has 0 fully saturated rings. The Hall–Kier alpha value is -1.29. The van der Waals surface area contributed by atoms with Crippen molar-refractivity contribution < 1.29 is 12.8 Å². The largest absolute Gasteiger partial charge is 0.447 e. The Bertz CT molecular complexity index is 508. The van der Waals surface area contributed by atoms with Gasteiger partial charge in [0.1, 0.15) is 5.76 Å². The van der Waals surface area contributed by atoms with Crippen molar-refractivity contribution in [2.45, 2.75) is 31.0 Å². The normalized spacial score (nSPS) is 12.4. The summed E-state index contributed by atoms with van der Waals surface area (Å²) in [7, 11) is -3.73. The molecule has 0 aliphatic rings. The van der Waals surface area contributed by atoms with Crippen molar-refractivity contribution in [1.82, 2.24) is 4.72 Å². The monoisotopic (exact) mass is 242 g/mol. The molecule has 1 heterocycles. The molecule has 0 spiro atoms. The van der Waals surface area contributed by atoms with Gasteiger partial charge >= 0.3 is 0 Å². The van der Waals surface area contributed by atoms with Gasteiger partial charge in [0, 0.05) is 0 Å². The van der Waals surface area contributed by atoms with E-state index in [0.29, 0.717) is 5.76 Å². The first-order chi connectivity index (χ1) is 7.30. The quantitative estimate of drug-likeness (QED) is 0.750. The molecule has 88 valence electrons. The standard InChI is InChI=1S/C10H14N2O3S/c1-4-10(2,3)12-16(13,14)9-6-5-8(7-11)15-9/h1,5-6,12H,7,11H2,2-3H3. The Balaban J connectivity index is 3.00. The van der Waals surface area contributed by atoms with Gasteiger partial charge in [0.15, 0.2) is 0 Å². The molecule has 1 aromatic heterocycles. The van der Waals surface area contributed by atoms with E-state index in [-0.39, 0.29) is 11.6 Å². The van der Waals surface area contributed by atoms with Crippen molar-refractivity contribution in [2.24, 2.45) is 5.73 Å². The minimum absolute atomic E-state index is 0.147. The maximum atomic E-state index is 11.8. The fourth-order valence-corrected chi connectivity index (χ4v) is 2.32. The molecule has 0 aromatic carbocycles. The third-order valence-electron chi connectivity index (χ3n) is 1.85. The smallest absolute Gasteiger partial charge is 0.275 e. The molecule has 0 unspecified atom stereocenters. The molecule has 0 saturated heterocycles. The number of sulfonamides is 1. The third kappa shape index (κ3) is 2.85. The Kier molecular flexibility index (Phi) is 3.43. The molecular weight excluding hydrogens is 228 g/mol. The van der Waals surface area contributed by atoms with Gasteiger partial charge in [-0.05, 0) is 26.0 Å². The van der Waals surface area contributed by atoms with Crippen LogP contribution in [0.25, 0.3) is 0 Å². The van der Waals surface area contributed by atoms with E-state index in [0.717, 1.165) is 0 Å². The van der Waals surface area contributed by atoms with Crippen molar-refractivity contribution >= 4 is 10.0 Å². The minimum atomic E-state index is -3.73. The Morgan fingerprint density at radius 2 is 2.19 bits per heavy atom. The molecule has 0 atom stereocenters. The van der Waals surface area contributed by atoms with Gasteiger partial charge in [0.05, 0.1) is 12.1 Å². The first kappa shape index (κ1) is 12.8. The van der Waals surface area contributed by atoms with E-state index in [9.17, 15) is 8.42 Å². The lowest BCUT2D eigenvalue weighted by molar-refractivity contribution is 0.408. The molecule has 0 aliphatic carbocycles. The number of nitrogens with two attached hydrogens (primary N) is 1. The highest BCUT2D eigenvalue weighted by Crippen LogP contribution is 2.15. The highest BCUT2D eigenvalue weighted by atomic mass is 32.2. The molecule has 0 radical (unpaired) electrons. The van der Waals surface area contributed by atoms with Crippen LogP contribution in [0.1, 0.15) is 19.6 Å². The third-order valence-corrected chi connectivity index (χ3v) is 3.38. The summed E-state index contributed by atoms with van der Waals surface area (Å²) in [5.74, 6) is 2.73. The van der Waals surface area contributed by atoms with E-state index in [4.69, 9.17) is 16.6 Å². The fraction of sp³-hybridized carbons (Fsp3) is 0.400. The van der Waals surface area contributed by atoms with Crippen LogP contribution in [-0.2, 0) is 16.6 Å². The van der Waals surface area contributed by atoms with Crippen LogP contribution in [0.15, 0.2) is 21.6 Å². The lowest BCUT2D eigenvalue weighted by Crippen LogP contribution is -2.41. The first-order valence-electron chi connectivity index (χ1n) is 4.61. The lowest BCUT2D eigenvalue weighted by atomic mass is 10.1. The maximum absolute atomic E-state index is 11.8. The Morgan fingerprint density at radius 1 is 1.56 bits per heavy atom. The van der Waals surface area contributed by atoms with E-state index < -0.39 is 15.6 Å². The van der Waals surface area contributed by atoms with Gasteiger partial charge < -0.3 is 10.2 Å². The van der Waals surface area contributed by atoms with Crippen LogP contribution >= 0.6 is 0 Å². The molecule has 16 heavy (non-hydrogen) atoms. The number of nitrogens with one attached hydrogen (secondary N) is 1. The van der Waals surface area contributed by atoms with Crippen LogP contribution < -0.4 is 10.5 Å². The van der Waals surface area contributed by atoms with Gasteiger partial charge in [-0.1, -0.05) is 5.92 Å². The second kappa shape index (κ2) is 4.29. The molecule has 3 N–H and O–H groups in total. The van der Waals surface area contributed by atoms with Crippen molar-refractivity contribution in [3.63, 3.8) is 0 Å². The summed E-state index contributed by atoms with van der Waals surface area (Å²) >= 11 is 0. The molecule has 1 rings (SSSR count). The number of hydrogen-bond donors (Lipinski definition) is 2. The van der Waals surface area contributed by atoms with E-state index in [1.54, 1.807) is 13.8 Å². The van der Waals surface area contributed by atoms with E-state index >= 15 is 0 Å². The molecule has 0 bridgehead atoms. The van der Waals surface area contributed by atoms with Crippen molar-refractivity contribution in [3.8, 4) is 12.3 Å². The van der Waals surface area contributed by atoms with E-state index in [2.05, 4.69) is 10.6 Å². The Labute approximate surface area is 95.1 Å². The minimum Gasteiger partial charge on any atom is -0.447 e. The summed E-state index contributed by atoms with van der Waals surface area (Å²) in [5, 5.41) is -0.184. The van der Waals surface area contributed by atoms with Crippen molar-refractivity contribution in [1.29, 1.82) is 0 Å². The van der Waals surface area contributed by atoms with Gasteiger partial charge in [-0.15, -0.1) is 6.42 Å². The zero-order chi connectivity index (χ0) is 12.4. The van der Waals surface area contributed by atoms with Crippen molar-refractivity contribution in [2.75, 3.05) is 0 Å². The molecule has 0 amide bonds. The van der Waals surface area contributed by atoms with Crippen molar-refractivity contribution in [3.05, 3.63) is 17.9 Å². The molecule has 1 aromatic rings. The highest BCUT2D eigenvalue weighted by Gasteiger charge is 2.26. The maximum Gasteiger partial charge on any atom is 0.275 e. The fourth-order valence-electron chi connectivity index (χ4n) is 1.03. The summed E-state index contributed by atoms with van der Waals surface area (Å²) in [6.45, 7) is 3.31. The second-order valence-electron chi connectivity index (χ2n) is 3.80. The summed E-state index contributed by atoms with van der Waals surface area (Å²) in [6, 6.07) is 2.86. The summed E-state index contributed by atoms with van der Waals surface area (Å²) in [5.41, 5.74) is 4.35.